The molecule has 9 heteroatoms. The summed E-state index contributed by atoms with van der Waals surface area (Å²) in [6.07, 6.45) is 0.204. The fourth-order valence-corrected chi connectivity index (χ4v) is 3.49. The van der Waals surface area contributed by atoms with Gasteiger partial charge in [0.1, 0.15) is 5.56 Å². The van der Waals surface area contributed by atoms with Gasteiger partial charge >= 0.3 is 0 Å². The third kappa shape index (κ3) is 5.57. The minimum Gasteiger partial charge on any atom is -0.493 e. The average molecular weight is 409 g/mol. The molecule has 0 bridgehead atoms. The molecule has 0 spiro atoms. The molecule has 1 aromatic rings. The summed E-state index contributed by atoms with van der Waals surface area (Å²) < 4.78 is 16.4. The second kappa shape index (κ2) is 9.41. The van der Waals surface area contributed by atoms with Gasteiger partial charge in [-0.25, -0.2) is 0 Å². The summed E-state index contributed by atoms with van der Waals surface area (Å²) in [5, 5.41) is 14.4. The van der Waals surface area contributed by atoms with Crippen LogP contribution in [0.3, 0.4) is 0 Å². The highest BCUT2D eigenvalue weighted by Crippen LogP contribution is 2.35. The Morgan fingerprint density at radius 1 is 1.31 bits per heavy atom. The van der Waals surface area contributed by atoms with Gasteiger partial charge in [-0.15, -0.1) is 0 Å². The molecule has 1 fully saturated rings. The molecule has 1 N–H and O–H groups in total. The number of nitro groups is 1. The van der Waals surface area contributed by atoms with Gasteiger partial charge in [0.05, 0.1) is 36.9 Å². The molecule has 1 amide bonds. The van der Waals surface area contributed by atoms with Gasteiger partial charge in [-0.1, -0.05) is 0 Å². The van der Waals surface area contributed by atoms with Crippen LogP contribution >= 0.6 is 0 Å². The summed E-state index contributed by atoms with van der Waals surface area (Å²) in [5.41, 5.74) is -0.723. The molecule has 1 heterocycles. The zero-order valence-electron chi connectivity index (χ0n) is 18.0. The van der Waals surface area contributed by atoms with Crippen LogP contribution in [0.4, 0.5) is 5.69 Å². The van der Waals surface area contributed by atoms with Crippen LogP contribution < -0.4 is 14.8 Å². The van der Waals surface area contributed by atoms with Gasteiger partial charge in [0, 0.05) is 31.2 Å². The lowest BCUT2D eigenvalue weighted by atomic mass is 9.99. The predicted molar refractivity (Wildman–Crippen MR) is 109 cm³/mol. The SMILES string of the molecule is CCOc1cc([N+](=O)[O-])c(C(=O)NCC(C)(C)N2C[C@@H](C)O[C@@H](C)C2)cc1OC. The molecule has 1 aliphatic rings. The number of carbonyl (C=O) groups is 1. The monoisotopic (exact) mass is 409 g/mol. The topological polar surface area (TPSA) is 103 Å². The third-order valence-corrected chi connectivity index (χ3v) is 4.98. The molecule has 0 aromatic heterocycles. The number of nitrogens with zero attached hydrogens (tertiary/aromatic N) is 2. The maximum Gasteiger partial charge on any atom is 0.286 e. The minimum atomic E-state index is -0.590. The van der Waals surface area contributed by atoms with Crippen molar-refractivity contribution < 1.29 is 23.9 Å². The molecule has 1 aliphatic heterocycles. The second-order valence-electron chi connectivity index (χ2n) is 7.87. The summed E-state index contributed by atoms with van der Waals surface area (Å²) in [6, 6.07) is 2.58. The van der Waals surface area contributed by atoms with E-state index in [1.54, 1.807) is 6.92 Å². The summed E-state index contributed by atoms with van der Waals surface area (Å²) in [7, 11) is 1.43. The smallest absolute Gasteiger partial charge is 0.286 e. The molecule has 1 aromatic carbocycles. The second-order valence-corrected chi connectivity index (χ2v) is 7.87. The van der Waals surface area contributed by atoms with E-state index in [0.29, 0.717) is 13.2 Å². The third-order valence-electron chi connectivity index (χ3n) is 4.98. The van der Waals surface area contributed by atoms with Crippen LogP contribution in [0.5, 0.6) is 11.5 Å². The Hall–Kier alpha value is -2.39. The normalized spacial score (nSPS) is 20.2. The maximum absolute atomic E-state index is 12.8. The van der Waals surface area contributed by atoms with Crippen molar-refractivity contribution in [1.29, 1.82) is 0 Å². The van der Waals surface area contributed by atoms with Crippen LogP contribution in [-0.4, -0.2) is 66.8 Å². The van der Waals surface area contributed by atoms with Crippen LogP contribution in [0, 0.1) is 10.1 Å². The number of nitrogens with one attached hydrogen (secondary N) is 1. The lowest BCUT2D eigenvalue weighted by Crippen LogP contribution is -2.58. The number of benzene rings is 1. The first-order chi connectivity index (χ1) is 13.6. The fourth-order valence-electron chi connectivity index (χ4n) is 3.49. The van der Waals surface area contributed by atoms with Crippen molar-refractivity contribution in [2.24, 2.45) is 0 Å². The van der Waals surface area contributed by atoms with Crippen molar-refractivity contribution in [1.82, 2.24) is 10.2 Å². The molecular weight excluding hydrogens is 378 g/mol. The molecule has 29 heavy (non-hydrogen) atoms. The van der Waals surface area contributed by atoms with E-state index in [0.717, 1.165) is 13.1 Å². The molecule has 2 atom stereocenters. The van der Waals surface area contributed by atoms with Crippen LogP contribution in [0.1, 0.15) is 45.0 Å². The number of hydrogen-bond donors (Lipinski definition) is 1. The Morgan fingerprint density at radius 3 is 2.45 bits per heavy atom. The Balaban J connectivity index is 2.20. The molecule has 0 unspecified atom stereocenters. The Morgan fingerprint density at radius 2 is 1.93 bits per heavy atom. The lowest BCUT2D eigenvalue weighted by Gasteiger charge is -2.45. The Bertz CT molecular complexity index is 742. The van der Waals surface area contributed by atoms with Crippen LogP contribution in [0.25, 0.3) is 0 Å². The van der Waals surface area contributed by atoms with E-state index in [2.05, 4.69) is 10.2 Å². The molecule has 162 valence electrons. The summed E-state index contributed by atoms with van der Waals surface area (Å²) in [6.45, 7) is 12.0. The van der Waals surface area contributed by atoms with E-state index >= 15 is 0 Å². The van der Waals surface area contributed by atoms with Crippen LogP contribution in [0.15, 0.2) is 12.1 Å². The number of ether oxygens (including phenoxy) is 3. The van der Waals surface area contributed by atoms with E-state index in [1.807, 2.05) is 27.7 Å². The number of morpholine rings is 1. The van der Waals surface area contributed by atoms with E-state index in [-0.39, 0.29) is 40.5 Å². The maximum atomic E-state index is 12.8. The standard InChI is InChI=1S/C20H31N3O6/c1-7-28-18-9-16(23(25)26)15(8-17(18)27-6)19(24)21-12-20(4,5)22-10-13(2)29-14(3)11-22/h8-9,13-14H,7,10-12H2,1-6H3,(H,21,24)/t13-,14+. The zero-order valence-corrected chi connectivity index (χ0v) is 18.0. The summed E-state index contributed by atoms with van der Waals surface area (Å²) in [4.78, 5) is 26.0. The van der Waals surface area contributed by atoms with Gasteiger partial charge in [0.2, 0.25) is 0 Å². The van der Waals surface area contributed by atoms with Gasteiger partial charge < -0.3 is 19.5 Å². The van der Waals surface area contributed by atoms with Crippen molar-refractivity contribution in [3.8, 4) is 11.5 Å². The lowest BCUT2D eigenvalue weighted by molar-refractivity contribution is -0.385. The van der Waals surface area contributed by atoms with E-state index in [4.69, 9.17) is 14.2 Å². The molecule has 0 saturated carbocycles. The minimum absolute atomic E-state index is 0.0604. The first kappa shape index (κ1) is 22.9. The Labute approximate surface area is 171 Å². The predicted octanol–water partition coefficient (Wildman–Crippen LogP) is 2.62. The van der Waals surface area contributed by atoms with Crippen molar-refractivity contribution in [2.75, 3.05) is 33.4 Å². The summed E-state index contributed by atoms with van der Waals surface area (Å²) in [5.74, 6) is -0.0203. The number of hydrogen-bond acceptors (Lipinski definition) is 7. The molecule has 0 aliphatic carbocycles. The van der Waals surface area contributed by atoms with Gasteiger partial charge in [-0.3, -0.25) is 19.8 Å². The molecular formula is C20H31N3O6. The van der Waals surface area contributed by atoms with Gasteiger partial charge in [0.15, 0.2) is 11.5 Å². The van der Waals surface area contributed by atoms with Crippen molar-refractivity contribution in [2.45, 2.75) is 52.4 Å². The molecule has 0 radical (unpaired) electrons. The highest BCUT2D eigenvalue weighted by Gasteiger charge is 2.34. The number of amides is 1. The highest BCUT2D eigenvalue weighted by molar-refractivity contribution is 5.99. The highest BCUT2D eigenvalue weighted by atomic mass is 16.6. The summed E-state index contributed by atoms with van der Waals surface area (Å²) >= 11 is 0. The first-order valence-electron chi connectivity index (χ1n) is 9.77. The number of carbonyl (C=O) groups excluding carboxylic acids is 1. The van der Waals surface area contributed by atoms with E-state index in [9.17, 15) is 14.9 Å². The van der Waals surface area contributed by atoms with Gasteiger partial charge in [-0.05, 0) is 34.6 Å². The zero-order chi connectivity index (χ0) is 21.8. The number of nitro benzene ring substituents is 1. The van der Waals surface area contributed by atoms with Crippen molar-refractivity contribution >= 4 is 11.6 Å². The first-order valence-corrected chi connectivity index (χ1v) is 9.77. The van der Waals surface area contributed by atoms with E-state index < -0.39 is 10.8 Å². The fraction of sp³-hybridized carbons (Fsp3) is 0.650. The van der Waals surface area contributed by atoms with Gasteiger partial charge in [0.25, 0.3) is 11.6 Å². The van der Waals surface area contributed by atoms with Gasteiger partial charge in [-0.2, -0.15) is 0 Å². The number of rotatable bonds is 8. The van der Waals surface area contributed by atoms with Crippen LogP contribution in [0.2, 0.25) is 0 Å². The average Bonchev–Trinajstić information content (AvgIpc) is 2.65. The largest absolute Gasteiger partial charge is 0.493 e. The molecule has 2 rings (SSSR count). The van der Waals surface area contributed by atoms with Crippen molar-refractivity contribution in [3.63, 3.8) is 0 Å². The molecule has 9 nitrogen and oxygen atoms in total. The number of methoxy groups -OCH3 is 1. The van der Waals surface area contributed by atoms with Crippen molar-refractivity contribution in [3.05, 3.63) is 27.8 Å². The molecule has 1 saturated heterocycles. The quantitative estimate of drug-likeness (QED) is 0.520. The van der Waals surface area contributed by atoms with E-state index in [1.165, 1.54) is 19.2 Å². The van der Waals surface area contributed by atoms with Crippen LogP contribution in [-0.2, 0) is 4.74 Å². The Kier molecular flexibility index (Phi) is 7.43.